The lowest BCUT2D eigenvalue weighted by Gasteiger charge is -2.16. The SMILES string of the molecule is NC(=O)C1=CN=CC2=CN=C3C[N+]213. The summed E-state index contributed by atoms with van der Waals surface area (Å²) in [6, 6.07) is 0. The first kappa shape index (κ1) is 6.73. The number of hydrogen-bond acceptors (Lipinski definition) is 3. The Morgan fingerprint density at radius 2 is 2.38 bits per heavy atom. The Balaban J connectivity index is 2.19. The molecule has 3 aliphatic rings. The molecule has 2 N–H and O–H groups in total. The monoisotopic (exact) mass is 175 g/mol. The second-order valence-corrected chi connectivity index (χ2v) is 3.22. The molecule has 13 heavy (non-hydrogen) atoms. The van der Waals surface area contributed by atoms with Crippen LogP contribution in [0.2, 0.25) is 0 Å². The highest BCUT2D eigenvalue weighted by Gasteiger charge is 2.64. The van der Waals surface area contributed by atoms with Crippen LogP contribution in [0.1, 0.15) is 0 Å². The highest BCUT2D eigenvalue weighted by atomic mass is 16.1. The van der Waals surface area contributed by atoms with E-state index >= 15 is 0 Å². The number of primary amides is 1. The first-order valence-electron chi connectivity index (χ1n) is 3.95. The van der Waals surface area contributed by atoms with Crippen molar-refractivity contribution in [2.75, 3.05) is 6.54 Å². The molecule has 64 valence electrons. The molecule has 1 amide bonds. The van der Waals surface area contributed by atoms with Crippen molar-refractivity contribution in [1.82, 2.24) is 0 Å². The molecule has 1 saturated heterocycles. The Labute approximate surface area is 74.2 Å². The van der Waals surface area contributed by atoms with Crippen molar-refractivity contribution in [3.63, 3.8) is 0 Å². The van der Waals surface area contributed by atoms with Gasteiger partial charge in [0, 0.05) is 0 Å². The maximum Gasteiger partial charge on any atom is 0.305 e. The van der Waals surface area contributed by atoms with Crippen molar-refractivity contribution in [1.29, 1.82) is 0 Å². The summed E-state index contributed by atoms with van der Waals surface area (Å²) in [5, 5.41) is 0. The van der Waals surface area contributed by atoms with Crippen molar-refractivity contribution >= 4 is 18.0 Å². The molecule has 3 rings (SSSR count). The fourth-order valence-electron chi connectivity index (χ4n) is 1.83. The molecule has 0 aromatic carbocycles. The zero-order chi connectivity index (χ0) is 9.05. The summed E-state index contributed by atoms with van der Waals surface area (Å²) in [6.45, 7) is 0.770. The Morgan fingerprint density at radius 3 is 3.08 bits per heavy atom. The number of allylic oxidation sites excluding steroid dienone is 1. The van der Waals surface area contributed by atoms with Gasteiger partial charge in [0.25, 0.3) is 5.84 Å². The topological polar surface area (TPSA) is 67.8 Å². The van der Waals surface area contributed by atoms with Crippen LogP contribution in [0.4, 0.5) is 0 Å². The van der Waals surface area contributed by atoms with E-state index in [0.717, 1.165) is 18.1 Å². The maximum atomic E-state index is 11.1. The molecular weight excluding hydrogens is 168 g/mol. The van der Waals surface area contributed by atoms with Gasteiger partial charge in [-0.3, -0.25) is 9.79 Å². The molecule has 5 heteroatoms. The Hall–Kier alpha value is -1.75. The van der Waals surface area contributed by atoms with Crippen LogP contribution in [0.5, 0.6) is 0 Å². The van der Waals surface area contributed by atoms with Crippen molar-refractivity contribution < 1.29 is 9.28 Å². The van der Waals surface area contributed by atoms with Gasteiger partial charge in [-0.1, -0.05) is 0 Å². The molecule has 0 aliphatic carbocycles. The van der Waals surface area contributed by atoms with Crippen LogP contribution in [0.25, 0.3) is 0 Å². The van der Waals surface area contributed by atoms with E-state index in [4.69, 9.17) is 5.73 Å². The summed E-state index contributed by atoms with van der Waals surface area (Å²) in [5.74, 6) is 0.557. The minimum absolute atomic E-state index is 0.421. The second kappa shape index (κ2) is 1.77. The molecule has 0 aromatic heterocycles. The van der Waals surface area contributed by atoms with Crippen LogP contribution < -0.4 is 5.73 Å². The van der Waals surface area contributed by atoms with Crippen LogP contribution in [-0.4, -0.2) is 29.0 Å². The van der Waals surface area contributed by atoms with Crippen LogP contribution in [0, 0.1) is 0 Å². The lowest BCUT2D eigenvalue weighted by Crippen LogP contribution is -2.35. The quantitative estimate of drug-likeness (QED) is 0.423. The van der Waals surface area contributed by atoms with Gasteiger partial charge < -0.3 is 5.73 Å². The fraction of sp³-hybridized carbons (Fsp3) is 0.125. The third kappa shape index (κ3) is 0.595. The predicted octanol–water partition coefficient (Wildman–Crippen LogP) is -0.519. The lowest BCUT2D eigenvalue weighted by atomic mass is 10.3. The van der Waals surface area contributed by atoms with E-state index in [2.05, 4.69) is 9.98 Å². The molecule has 0 aromatic rings. The van der Waals surface area contributed by atoms with Crippen LogP contribution >= 0.6 is 0 Å². The van der Waals surface area contributed by atoms with E-state index in [-0.39, 0.29) is 0 Å². The number of carbonyl (C=O) groups excluding carboxylic acids is 1. The molecule has 0 saturated carbocycles. The molecule has 1 fully saturated rings. The van der Waals surface area contributed by atoms with Crippen LogP contribution in [-0.2, 0) is 4.79 Å². The molecule has 1 spiro atoms. The summed E-state index contributed by atoms with van der Waals surface area (Å²) in [6.07, 6.45) is 4.97. The summed E-state index contributed by atoms with van der Waals surface area (Å²) in [7, 11) is 0. The largest absolute Gasteiger partial charge is 0.361 e. The van der Waals surface area contributed by atoms with Crippen molar-refractivity contribution in [3.8, 4) is 0 Å². The highest BCUT2D eigenvalue weighted by molar-refractivity contribution is 6.05. The zero-order valence-corrected chi connectivity index (χ0v) is 6.77. The third-order valence-electron chi connectivity index (χ3n) is 2.57. The van der Waals surface area contributed by atoms with Gasteiger partial charge in [-0.15, -0.1) is 0 Å². The van der Waals surface area contributed by atoms with Gasteiger partial charge in [0.2, 0.25) is 5.70 Å². The molecule has 0 bridgehead atoms. The van der Waals surface area contributed by atoms with E-state index in [1.54, 1.807) is 12.4 Å². The first-order valence-corrected chi connectivity index (χ1v) is 3.95. The van der Waals surface area contributed by atoms with Gasteiger partial charge >= 0.3 is 5.91 Å². The molecule has 1 unspecified atom stereocenters. The number of nitrogens with zero attached hydrogens (tertiary/aromatic N) is 3. The van der Waals surface area contributed by atoms with E-state index in [1.165, 1.54) is 6.20 Å². The number of nitrogens with two attached hydrogens (primary N) is 1. The maximum absolute atomic E-state index is 11.1. The number of amides is 1. The normalized spacial score (nSPS) is 32.8. The second-order valence-electron chi connectivity index (χ2n) is 3.22. The van der Waals surface area contributed by atoms with Gasteiger partial charge in [-0.2, -0.15) is 9.48 Å². The van der Waals surface area contributed by atoms with Crippen LogP contribution in [0.3, 0.4) is 0 Å². The molecule has 1 atom stereocenters. The van der Waals surface area contributed by atoms with E-state index in [0.29, 0.717) is 10.2 Å². The summed E-state index contributed by atoms with van der Waals surface area (Å²) in [5.41, 5.74) is 6.71. The molecule has 0 radical (unpaired) electrons. The number of quaternary nitrogens is 1. The van der Waals surface area contributed by atoms with Crippen molar-refractivity contribution in [2.24, 2.45) is 15.7 Å². The zero-order valence-electron chi connectivity index (χ0n) is 6.77. The summed E-state index contributed by atoms with van der Waals surface area (Å²) >= 11 is 0. The van der Waals surface area contributed by atoms with Crippen LogP contribution in [0.15, 0.2) is 33.8 Å². The van der Waals surface area contributed by atoms with Crippen molar-refractivity contribution in [2.45, 2.75) is 0 Å². The summed E-state index contributed by atoms with van der Waals surface area (Å²) < 4.78 is 0.429. The van der Waals surface area contributed by atoms with E-state index in [9.17, 15) is 4.79 Å². The number of amidine groups is 1. The smallest absolute Gasteiger partial charge is 0.305 e. The highest BCUT2D eigenvalue weighted by Crippen LogP contribution is 2.43. The third-order valence-corrected chi connectivity index (χ3v) is 2.57. The number of rotatable bonds is 1. The average Bonchev–Trinajstić information content (AvgIpc) is 2.70. The minimum Gasteiger partial charge on any atom is -0.361 e. The van der Waals surface area contributed by atoms with Gasteiger partial charge in [0.15, 0.2) is 12.2 Å². The van der Waals surface area contributed by atoms with Gasteiger partial charge in [-0.25, -0.2) is 0 Å². The number of aliphatic imine (C=N–C) groups is 2. The molecule has 3 heterocycles. The van der Waals surface area contributed by atoms with E-state index in [1.807, 2.05) is 0 Å². The molecule has 3 aliphatic heterocycles. The predicted molar refractivity (Wildman–Crippen MR) is 46.4 cm³/mol. The molecular formula is C8H7N4O+. The van der Waals surface area contributed by atoms with Crippen molar-refractivity contribution in [3.05, 3.63) is 23.8 Å². The minimum atomic E-state index is -0.421. The van der Waals surface area contributed by atoms with E-state index < -0.39 is 5.91 Å². The van der Waals surface area contributed by atoms with Gasteiger partial charge in [0.1, 0.15) is 0 Å². The summed E-state index contributed by atoms with van der Waals surface area (Å²) in [4.78, 5) is 19.2. The number of hydrogen-bond donors (Lipinski definition) is 1. The van der Waals surface area contributed by atoms with Gasteiger partial charge in [-0.05, 0) is 0 Å². The average molecular weight is 175 g/mol. The Kier molecular flexibility index (Phi) is 0.917. The first-order chi connectivity index (χ1) is 6.25. The van der Waals surface area contributed by atoms with Gasteiger partial charge in [0.05, 0.1) is 18.6 Å². The standard InChI is InChI=1S/C8H6N4O/c9-8(13)6-3-10-1-5-2-11-7-4-12(5,6)7/h1-3H,4H2,(H-,9,13)/p+1. The Bertz CT molecular complexity index is 443. The molecule has 5 nitrogen and oxygen atoms in total. The lowest BCUT2D eigenvalue weighted by molar-refractivity contribution is -0.649. The number of carbonyl (C=O) groups is 1. The Morgan fingerprint density at radius 1 is 1.54 bits per heavy atom. The fourth-order valence-corrected chi connectivity index (χ4v) is 1.83.